The van der Waals surface area contributed by atoms with E-state index in [1.54, 1.807) is 18.2 Å². The highest BCUT2D eigenvalue weighted by atomic mass is 79.9. The molecule has 0 radical (unpaired) electrons. The van der Waals surface area contributed by atoms with Crippen LogP contribution in [0.25, 0.3) is 0 Å². The Morgan fingerprint density at radius 3 is 2.55 bits per heavy atom. The predicted octanol–water partition coefficient (Wildman–Crippen LogP) is 2.49. The van der Waals surface area contributed by atoms with Crippen molar-refractivity contribution in [2.24, 2.45) is 0 Å². The molecule has 2 aromatic rings. The Bertz CT molecular complexity index is 1280. The van der Waals surface area contributed by atoms with Gasteiger partial charge in [0.15, 0.2) is 0 Å². The minimum Gasteiger partial charge on any atom is -0.295 e. The van der Waals surface area contributed by atoms with Gasteiger partial charge in [-0.05, 0) is 65.2 Å². The molecule has 11 heteroatoms. The second-order valence-corrected chi connectivity index (χ2v) is 10.1. The number of imide groups is 1. The van der Waals surface area contributed by atoms with Gasteiger partial charge in [0.1, 0.15) is 15.9 Å². The van der Waals surface area contributed by atoms with E-state index in [-0.39, 0.29) is 34.0 Å². The molecule has 2 aliphatic heterocycles. The Balaban J connectivity index is 1.63. The van der Waals surface area contributed by atoms with Gasteiger partial charge < -0.3 is 0 Å². The number of carbonyl (C=O) groups is 3. The number of aryl methyl sites for hydroxylation is 1. The molecule has 2 heterocycles. The molecule has 4 rings (SSSR count). The van der Waals surface area contributed by atoms with E-state index in [1.807, 2.05) is 6.92 Å². The molecule has 1 saturated heterocycles. The number of piperidine rings is 1. The highest BCUT2D eigenvalue weighted by Gasteiger charge is 2.42. The third-order valence-corrected chi connectivity index (χ3v) is 7.84. The lowest BCUT2D eigenvalue weighted by Gasteiger charge is -2.29. The number of fused-ring (bicyclic) bond motifs is 1. The van der Waals surface area contributed by atoms with Crippen LogP contribution in [0.4, 0.5) is 5.69 Å². The number of sulfonamides is 1. The minimum atomic E-state index is -3.91. The molecule has 0 spiro atoms. The number of hydrogen-bond donors (Lipinski definition) is 2. The van der Waals surface area contributed by atoms with Crippen LogP contribution in [0.15, 0.2) is 45.8 Å². The fourth-order valence-electron chi connectivity index (χ4n) is 3.57. The maximum Gasteiger partial charge on any atom is 0.263 e. The maximum absolute atomic E-state index is 13.0. The van der Waals surface area contributed by atoms with E-state index >= 15 is 0 Å². The minimum absolute atomic E-state index is 0.0608. The van der Waals surface area contributed by atoms with E-state index in [1.165, 1.54) is 23.1 Å². The summed E-state index contributed by atoms with van der Waals surface area (Å²) in [6, 6.07) is 8.43. The first kappa shape index (κ1) is 21.6. The Morgan fingerprint density at radius 2 is 1.87 bits per heavy atom. The van der Waals surface area contributed by atoms with Gasteiger partial charge in [-0.25, -0.2) is 8.42 Å². The second kappa shape index (κ2) is 7.81. The number of thiocarbonyl (C=S) groups is 1. The summed E-state index contributed by atoms with van der Waals surface area (Å²) < 4.78 is 28.5. The molecule has 0 aromatic heterocycles. The van der Waals surface area contributed by atoms with Crippen molar-refractivity contribution in [3.63, 3.8) is 0 Å². The third-order valence-electron chi connectivity index (χ3n) is 5.07. The molecule has 2 aliphatic rings. The number of nitrogens with zero attached hydrogens (tertiary/aromatic N) is 1. The average molecular weight is 522 g/mol. The number of benzene rings is 2. The van der Waals surface area contributed by atoms with Gasteiger partial charge in [-0.15, -0.1) is 0 Å². The topological polar surface area (TPSA) is 113 Å². The van der Waals surface area contributed by atoms with Gasteiger partial charge in [0.25, 0.3) is 15.9 Å². The number of nitrogens with one attached hydrogen (secondary N) is 2. The monoisotopic (exact) mass is 521 g/mol. The van der Waals surface area contributed by atoms with Crippen molar-refractivity contribution < 1.29 is 22.8 Å². The van der Waals surface area contributed by atoms with Gasteiger partial charge in [-0.2, -0.15) is 0 Å². The molecule has 160 valence electrons. The molecule has 0 aliphatic carbocycles. The summed E-state index contributed by atoms with van der Waals surface area (Å²) in [5.41, 5.74) is 1.71. The first-order valence-electron chi connectivity index (χ1n) is 9.23. The maximum atomic E-state index is 13.0. The molecule has 1 unspecified atom stereocenters. The molecular weight excluding hydrogens is 506 g/mol. The van der Waals surface area contributed by atoms with Crippen LogP contribution >= 0.6 is 28.1 Å². The molecule has 2 aromatic carbocycles. The van der Waals surface area contributed by atoms with Gasteiger partial charge in [-0.3, -0.25) is 29.3 Å². The quantitative estimate of drug-likeness (QED) is 0.472. The van der Waals surface area contributed by atoms with Crippen LogP contribution in [0.5, 0.6) is 0 Å². The zero-order chi connectivity index (χ0) is 22.5. The third kappa shape index (κ3) is 3.88. The highest BCUT2D eigenvalue weighted by molar-refractivity contribution is 9.10. The van der Waals surface area contributed by atoms with Crippen LogP contribution in [0.2, 0.25) is 0 Å². The molecule has 1 fully saturated rings. The van der Waals surface area contributed by atoms with Crippen LogP contribution in [0, 0.1) is 6.92 Å². The number of carbonyl (C=O) groups excluding carboxylic acids is 3. The molecule has 2 N–H and O–H groups in total. The molecule has 0 saturated carbocycles. The summed E-state index contributed by atoms with van der Waals surface area (Å²) in [6.45, 7) is 1.85. The van der Waals surface area contributed by atoms with Gasteiger partial charge in [0.2, 0.25) is 11.8 Å². The van der Waals surface area contributed by atoms with Crippen molar-refractivity contribution in [2.45, 2.75) is 30.7 Å². The van der Waals surface area contributed by atoms with Gasteiger partial charge in [0, 0.05) is 22.1 Å². The average Bonchev–Trinajstić information content (AvgIpc) is 2.92. The number of amides is 3. The Morgan fingerprint density at radius 1 is 1.13 bits per heavy atom. The number of hydrogen-bond acceptors (Lipinski definition) is 6. The zero-order valence-corrected chi connectivity index (χ0v) is 19.4. The summed E-state index contributed by atoms with van der Waals surface area (Å²) in [5.74, 6) is -1.48. The van der Waals surface area contributed by atoms with Crippen LogP contribution in [-0.2, 0) is 19.6 Å². The standard InChI is InChI=1S/C20H16BrN3O5S2/c1-10-2-6-16(14(21)8-10)31(28,29)23-11-3-4-12-13(9-11)19(27)24(20(12)30)15-5-7-17(25)22-18(15)26/h2-4,6,8-9,15,23H,5,7H2,1H3,(H,22,25,26). The molecule has 8 nitrogen and oxygen atoms in total. The van der Waals surface area contributed by atoms with Crippen molar-refractivity contribution in [2.75, 3.05) is 4.72 Å². The summed E-state index contributed by atoms with van der Waals surface area (Å²) >= 11 is 8.66. The van der Waals surface area contributed by atoms with Crippen molar-refractivity contribution in [3.8, 4) is 0 Å². The van der Waals surface area contributed by atoms with Crippen LogP contribution in [-0.4, -0.2) is 42.1 Å². The smallest absolute Gasteiger partial charge is 0.263 e. The molecule has 3 amide bonds. The second-order valence-electron chi connectivity index (χ2n) is 7.25. The van der Waals surface area contributed by atoms with E-state index < -0.39 is 33.8 Å². The van der Waals surface area contributed by atoms with Crippen molar-refractivity contribution in [3.05, 3.63) is 57.6 Å². The van der Waals surface area contributed by atoms with E-state index in [0.717, 1.165) is 5.56 Å². The van der Waals surface area contributed by atoms with Crippen molar-refractivity contribution >= 4 is 66.6 Å². The highest BCUT2D eigenvalue weighted by Crippen LogP contribution is 2.31. The summed E-state index contributed by atoms with van der Waals surface area (Å²) in [4.78, 5) is 38.1. The van der Waals surface area contributed by atoms with Crippen LogP contribution in [0.3, 0.4) is 0 Å². The Hall–Kier alpha value is -2.63. The predicted molar refractivity (Wildman–Crippen MR) is 120 cm³/mol. The molecule has 31 heavy (non-hydrogen) atoms. The molecule has 1 atom stereocenters. The van der Waals surface area contributed by atoms with E-state index in [2.05, 4.69) is 26.0 Å². The molecular formula is C20H16BrN3O5S2. The summed E-state index contributed by atoms with van der Waals surface area (Å²) in [7, 11) is -3.91. The fraction of sp³-hybridized carbons (Fsp3) is 0.200. The number of rotatable bonds is 4. The zero-order valence-electron chi connectivity index (χ0n) is 16.1. The van der Waals surface area contributed by atoms with Gasteiger partial charge >= 0.3 is 0 Å². The SMILES string of the molecule is Cc1ccc(S(=O)(=O)Nc2ccc3c(c2)C(=O)N(C2CCC(=O)NC2=O)C3=S)c(Br)c1. The van der Waals surface area contributed by atoms with Gasteiger partial charge in [0.05, 0.1) is 5.56 Å². The van der Waals surface area contributed by atoms with Crippen molar-refractivity contribution in [1.29, 1.82) is 0 Å². The van der Waals surface area contributed by atoms with E-state index in [9.17, 15) is 22.8 Å². The molecule has 0 bridgehead atoms. The fourth-order valence-corrected chi connectivity index (χ4v) is 6.20. The lowest BCUT2D eigenvalue weighted by atomic mass is 10.0. The van der Waals surface area contributed by atoms with Crippen molar-refractivity contribution in [1.82, 2.24) is 10.2 Å². The Labute approximate surface area is 192 Å². The summed E-state index contributed by atoms with van der Waals surface area (Å²) in [5, 5.41) is 2.22. The first-order valence-corrected chi connectivity index (χ1v) is 11.9. The normalized spacial score (nSPS) is 18.8. The largest absolute Gasteiger partial charge is 0.295 e. The number of halogens is 1. The van der Waals surface area contributed by atoms with E-state index in [4.69, 9.17) is 12.2 Å². The lowest BCUT2D eigenvalue weighted by Crippen LogP contribution is -2.54. The Kier molecular flexibility index (Phi) is 5.44. The van der Waals surface area contributed by atoms with Gasteiger partial charge in [-0.1, -0.05) is 18.3 Å². The number of anilines is 1. The lowest BCUT2D eigenvalue weighted by molar-refractivity contribution is -0.135. The van der Waals surface area contributed by atoms with Crippen LogP contribution in [0.1, 0.15) is 34.3 Å². The first-order chi connectivity index (χ1) is 14.6. The van der Waals surface area contributed by atoms with Crippen LogP contribution < -0.4 is 10.0 Å². The van der Waals surface area contributed by atoms with E-state index in [0.29, 0.717) is 10.0 Å². The summed E-state index contributed by atoms with van der Waals surface area (Å²) in [6.07, 6.45) is 0.279.